The zero-order valence-electron chi connectivity index (χ0n) is 24.1. The van der Waals surface area contributed by atoms with Crippen LogP contribution < -0.4 is 0 Å². The maximum atomic E-state index is 10.3. The van der Waals surface area contributed by atoms with Crippen molar-refractivity contribution in [3.05, 3.63) is 36.4 Å². The quantitative estimate of drug-likeness (QED) is 0.106. The molecule has 0 saturated carbocycles. The van der Waals surface area contributed by atoms with Gasteiger partial charge in [0.25, 0.3) is 0 Å². The Morgan fingerprint density at radius 3 is 1.58 bits per heavy atom. The standard InChI is InChI=1S/C12H6N2O2.C10H22O5.C8H12N2O2/c15-7-13-11-5-1-3-9-10(11)4-2-6-12(9)14-8-16;11-5-3-1-2-4-9(13)10(14)8-15-7-6-12;11-7-9-5-3-1-2-4-6-10-8-12/h1-6H;9-14H,1-8H2;1-6H2. The molecule has 0 aliphatic carbocycles. The van der Waals surface area contributed by atoms with E-state index in [1.54, 1.807) is 36.4 Å². The van der Waals surface area contributed by atoms with Gasteiger partial charge in [0.2, 0.25) is 24.3 Å². The number of aliphatic imine (C=N–C) groups is 4. The number of nitrogens with zero attached hydrogens (tertiary/aromatic N) is 4. The van der Waals surface area contributed by atoms with E-state index in [1.807, 2.05) is 0 Å². The van der Waals surface area contributed by atoms with Gasteiger partial charge in [-0.1, -0.05) is 49.9 Å². The van der Waals surface area contributed by atoms with Gasteiger partial charge in [-0.05, 0) is 37.8 Å². The minimum atomic E-state index is -0.898. The maximum Gasteiger partial charge on any atom is 0.240 e. The Bertz CT molecular complexity index is 1140. The molecular formula is C30H40N4O9. The first-order chi connectivity index (χ1) is 21.0. The fourth-order valence-corrected chi connectivity index (χ4v) is 3.61. The van der Waals surface area contributed by atoms with Crippen LogP contribution in [0.3, 0.4) is 0 Å². The van der Waals surface area contributed by atoms with Crippen molar-refractivity contribution in [2.75, 3.05) is 39.5 Å². The van der Waals surface area contributed by atoms with Gasteiger partial charge in [0, 0.05) is 17.4 Å². The normalized spacial score (nSPS) is 11.1. The summed E-state index contributed by atoms with van der Waals surface area (Å²) in [6.07, 6.45) is 11.0. The van der Waals surface area contributed by atoms with Crippen molar-refractivity contribution in [1.82, 2.24) is 0 Å². The molecule has 13 heteroatoms. The molecule has 0 radical (unpaired) electrons. The van der Waals surface area contributed by atoms with Gasteiger partial charge in [-0.3, -0.25) is 0 Å². The lowest BCUT2D eigenvalue weighted by Crippen LogP contribution is -2.30. The fraction of sp³-hybridized carbons (Fsp3) is 0.533. The second-order valence-electron chi connectivity index (χ2n) is 8.92. The first-order valence-corrected chi connectivity index (χ1v) is 13.9. The third kappa shape index (κ3) is 19.7. The van der Waals surface area contributed by atoms with E-state index in [-0.39, 0.29) is 26.4 Å². The minimum Gasteiger partial charge on any atom is -0.396 e. The highest BCUT2D eigenvalue weighted by molar-refractivity contribution is 6.00. The van der Waals surface area contributed by atoms with Crippen LogP contribution in [0.15, 0.2) is 56.4 Å². The lowest BCUT2D eigenvalue weighted by Gasteiger charge is -2.17. The Morgan fingerprint density at radius 2 is 1.14 bits per heavy atom. The van der Waals surface area contributed by atoms with Crippen molar-refractivity contribution in [3.8, 4) is 0 Å². The molecule has 2 aromatic rings. The number of unbranched alkanes of at least 4 members (excludes halogenated alkanes) is 5. The predicted octanol–water partition coefficient (Wildman–Crippen LogP) is 3.26. The maximum absolute atomic E-state index is 10.3. The number of hydrogen-bond acceptors (Lipinski definition) is 13. The van der Waals surface area contributed by atoms with E-state index in [0.29, 0.717) is 30.9 Å². The monoisotopic (exact) mass is 600 g/mol. The van der Waals surface area contributed by atoms with Crippen LogP contribution >= 0.6 is 0 Å². The Hall–Kier alpha value is -3.98. The van der Waals surface area contributed by atoms with Crippen molar-refractivity contribution in [2.45, 2.75) is 63.6 Å². The van der Waals surface area contributed by atoms with E-state index in [2.05, 4.69) is 20.0 Å². The van der Waals surface area contributed by atoms with E-state index < -0.39 is 12.2 Å². The summed E-state index contributed by atoms with van der Waals surface area (Å²) < 4.78 is 4.89. The van der Waals surface area contributed by atoms with Crippen LogP contribution in [0.2, 0.25) is 0 Å². The second-order valence-corrected chi connectivity index (χ2v) is 8.92. The van der Waals surface area contributed by atoms with Gasteiger partial charge in [-0.25, -0.2) is 29.2 Å². The SMILES string of the molecule is O=C=NCCCCCCN=C=O.O=C=Nc1cccc2c(N=C=O)cccc12.OCCCCCC(O)C(O)COCCO. The molecule has 0 bridgehead atoms. The number of aliphatic hydroxyl groups is 4. The largest absolute Gasteiger partial charge is 0.396 e. The molecule has 13 nitrogen and oxygen atoms in total. The average Bonchev–Trinajstić information content (AvgIpc) is 3.02. The molecule has 2 atom stereocenters. The third-order valence-corrected chi connectivity index (χ3v) is 5.75. The van der Waals surface area contributed by atoms with E-state index >= 15 is 0 Å². The number of ether oxygens (including phenoxy) is 1. The van der Waals surface area contributed by atoms with Gasteiger partial charge in [0.1, 0.15) is 6.10 Å². The highest BCUT2D eigenvalue weighted by Gasteiger charge is 2.15. The summed E-state index contributed by atoms with van der Waals surface area (Å²) in [6.45, 7) is 1.41. The number of carbonyl (C=O) groups excluding carboxylic acids is 4. The summed E-state index contributed by atoms with van der Waals surface area (Å²) in [5.41, 5.74) is 1.02. The van der Waals surface area contributed by atoms with Crippen LogP contribution in [0.5, 0.6) is 0 Å². The summed E-state index contributed by atoms with van der Waals surface area (Å²) in [5, 5.41) is 37.3. The van der Waals surface area contributed by atoms with Crippen LogP contribution in [0.4, 0.5) is 11.4 Å². The molecule has 43 heavy (non-hydrogen) atoms. The van der Waals surface area contributed by atoms with Gasteiger partial charge in [-0.2, -0.15) is 9.98 Å². The van der Waals surface area contributed by atoms with Gasteiger partial charge >= 0.3 is 0 Å². The van der Waals surface area contributed by atoms with Crippen molar-refractivity contribution >= 4 is 46.5 Å². The number of isocyanates is 4. The molecule has 2 unspecified atom stereocenters. The number of rotatable bonds is 19. The van der Waals surface area contributed by atoms with Gasteiger partial charge in [0.05, 0.1) is 50.4 Å². The highest BCUT2D eigenvalue weighted by Crippen LogP contribution is 2.31. The Morgan fingerprint density at radius 1 is 0.628 bits per heavy atom. The van der Waals surface area contributed by atoms with Crippen molar-refractivity contribution in [3.63, 3.8) is 0 Å². The topological polar surface area (TPSA) is 208 Å². The third-order valence-electron chi connectivity index (χ3n) is 5.75. The Balaban J connectivity index is 0.000000623. The highest BCUT2D eigenvalue weighted by atomic mass is 16.5. The van der Waals surface area contributed by atoms with E-state index in [4.69, 9.17) is 14.9 Å². The minimum absolute atomic E-state index is 0.0434. The van der Waals surface area contributed by atoms with Crippen LogP contribution in [0.1, 0.15) is 51.4 Å². The second kappa shape index (κ2) is 28.2. The summed E-state index contributed by atoms with van der Waals surface area (Å²) in [6, 6.07) is 10.5. The first-order valence-electron chi connectivity index (χ1n) is 13.9. The molecule has 4 N–H and O–H groups in total. The fourth-order valence-electron chi connectivity index (χ4n) is 3.61. The Kier molecular flexibility index (Phi) is 25.5. The molecule has 0 aliphatic rings. The van der Waals surface area contributed by atoms with Gasteiger partial charge in [-0.15, -0.1) is 0 Å². The molecule has 0 amide bonds. The van der Waals surface area contributed by atoms with E-state index in [1.165, 1.54) is 24.3 Å². The molecule has 2 rings (SSSR count). The molecule has 0 aromatic heterocycles. The summed E-state index contributed by atoms with van der Waals surface area (Å²) in [4.78, 5) is 53.8. The van der Waals surface area contributed by atoms with Gasteiger partial charge < -0.3 is 25.2 Å². The summed E-state index contributed by atoms with van der Waals surface area (Å²) >= 11 is 0. The molecular weight excluding hydrogens is 560 g/mol. The smallest absolute Gasteiger partial charge is 0.240 e. The van der Waals surface area contributed by atoms with E-state index in [0.717, 1.165) is 55.7 Å². The number of hydrogen-bond donors (Lipinski definition) is 4. The number of fused-ring (bicyclic) bond motifs is 1. The van der Waals surface area contributed by atoms with Crippen LogP contribution in [0.25, 0.3) is 10.8 Å². The summed E-state index contributed by atoms with van der Waals surface area (Å²) in [5.74, 6) is 0. The number of benzene rings is 2. The zero-order chi connectivity index (χ0) is 32.0. The Labute approximate surface area is 250 Å². The average molecular weight is 601 g/mol. The molecule has 0 saturated heterocycles. The molecule has 234 valence electrons. The van der Waals surface area contributed by atoms with Crippen LogP contribution in [-0.2, 0) is 23.9 Å². The molecule has 0 spiro atoms. The lowest BCUT2D eigenvalue weighted by molar-refractivity contribution is -0.0463. The summed E-state index contributed by atoms with van der Waals surface area (Å²) in [7, 11) is 0. The first kappa shape index (κ1) is 39.0. The zero-order valence-corrected chi connectivity index (χ0v) is 24.1. The van der Waals surface area contributed by atoms with Crippen molar-refractivity contribution in [1.29, 1.82) is 0 Å². The lowest BCUT2D eigenvalue weighted by atomic mass is 10.1. The van der Waals surface area contributed by atoms with E-state index in [9.17, 15) is 29.4 Å². The van der Waals surface area contributed by atoms with Crippen LogP contribution in [0, 0.1) is 0 Å². The molecule has 0 fully saturated rings. The van der Waals surface area contributed by atoms with Gasteiger partial charge in [0.15, 0.2) is 0 Å². The van der Waals surface area contributed by atoms with Crippen molar-refractivity contribution in [2.24, 2.45) is 20.0 Å². The van der Waals surface area contributed by atoms with Crippen molar-refractivity contribution < 1.29 is 44.3 Å². The molecule has 2 aromatic carbocycles. The van der Waals surface area contributed by atoms with Crippen LogP contribution in [-0.4, -0.2) is 96.5 Å². The molecule has 0 aliphatic heterocycles. The molecule has 0 heterocycles. The number of aliphatic hydroxyl groups excluding tert-OH is 4. The predicted molar refractivity (Wildman–Crippen MR) is 159 cm³/mol.